The summed E-state index contributed by atoms with van der Waals surface area (Å²) in [6.45, 7) is 1.39. The summed E-state index contributed by atoms with van der Waals surface area (Å²) in [5, 5.41) is 25.6. The van der Waals surface area contributed by atoms with Gasteiger partial charge in [0.15, 0.2) is 0 Å². The summed E-state index contributed by atoms with van der Waals surface area (Å²) in [5.74, 6) is -1.01. The first-order valence-corrected chi connectivity index (χ1v) is 11.3. The number of nitrogens with one attached hydrogen (secondary N) is 1. The van der Waals surface area contributed by atoms with E-state index < -0.39 is 5.97 Å². The van der Waals surface area contributed by atoms with Crippen molar-refractivity contribution in [2.75, 3.05) is 7.05 Å². The highest BCUT2D eigenvalue weighted by Crippen LogP contribution is 2.28. The van der Waals surface area contributed by atoms with E-state index in [0.29, 0.717) is 29.4 Å². The van der Waals surface area contributed by atoms with E-state index in [2.05, 4.69) is 49.1 Å². The number of imidazole rings is 1. The van der Waals surface area contributed by atoms with E-state index in [1.165, 1.54) is 24.8 Å². The first-order valence-electron chi connectivity index (χ1n) is 11.3. The molecular weight excluding hydrogens is 432 g/mol. The zero-order chi connectivity index (χ0) is 23.2. The average Bonchev–Trinajstić information content (AvgIpc) is 3.50. The van der Waals surface area contributed by atoms with Crippen molar-refractivity contribution in [1.29, 1.82) is 0 Å². The summed E-state index contributed by atoms with van der Waals surface area (Å²) in [5.41, 5.74) is 5.08. The van der Waals surface area contributed by atoms with Crippen molar-refractivity contribution in [2.24, 2.45) is 0 Å². The van der Waals surface area contributed by atoms with E-state index in [1.807, 2.05) is 12.3 Å². The fourth-order valence-electron chi connectivity index (χ4n) is 4.56. The third kappa shape index (κ3) is 3.71. The van der Waals surface area contributed by atoms with Crippen LogP contribution in [0.4, 0.5) is 0 Å². The number of pyridine rings is 1. The van der Waals surface area contributed by atoms with Crippen LogP contribution in [-0.4, -0.2) is 63.6 Å². The van der Waals surface area contributed by atoms with Gasteiger partial charge in [-0.05, 0) is 43.7 Å². The number of aromatic carboxylic acids is 1. The largest absolute Gasteiger partial charge is 0.478 e. The second kappa shape index (κ2) is 8.07. The Balaban J connectivity index is 1.24. The lowest BCUT2D eigenvalue weighted by Crippen LogP contribution is -2.36. The van der Waals surface area contributed by atoms with Crippen molar-refractivity contribution in [2.45, 2.75) is 38.4 Å². The number of carboxylic acids is 1. The van der Waals surface area contributed by atoms with Crippen molar-refractivity contribution >= 4 is 22.5 Å². The van der Waals surface area contributed by atoms with Gasteiger partial charge in [0.1, 0.15) is 11.3 Å². The molecule has 0 bridgehead atoms. The third-order valence-corrected chi connectivity index (χ3v) is 6.64. The Hall–Kier alpha value is -4.05. The summed E-state index contributed by atoms with van der Waals surface area (Å²) in [6, 6.07) is 8.05. The monoisotopic (exact) mass is 456 g/mol. The maximum atomic E-state index is 11.5. The highest BCUT2D eigenvalue weighted by molar-refractivity contribution is 6.00. The normalized spacial score (nSPS) is 14.3. The van der Waals surface area contributed by atoms with Crippen LogP contribution in [0.3, 0.4) is 0 Å². The molecule has 6 rings (SSSR count). The highest BCUT2D eigenvalue weighted by atomic mass is 16.4. The SMILES string of the molecule is CN(Cc1ccc2nc(Cn3cc(-c4cc(C(=O)O)cc5[nH]ncc45)nn3)cn2c1)C1CCC1. The number of nitrogens with zero attached hydrogens (tertiary/aromatic N) is 7. The van der Waals surface area contributed by atoms with Gasteiger partial charge in [0.05, 0.1) is 35.7 Å². The van der Waals surface area contributed by atoms with E-state index >= 15 is 0 Å². The van der Waals surface area contributed by atoms with Gasteiger partial charge < -0.3 is 9.51 Å². The Kier molecular flexibility index (Phi) is 4.88. The molecule has 0 saturated heterocycles. The van der Waals surface area contributed by atoms with Crippen molar-refractivity contribution in [3.8, 4) is 11.3 Å². The number of carboxylic acid groups (broad SMARTS) is 1. The number of benzene rings is 1. The molecule has 0 spiro atoms. The van der Waals surface area contributed by atoms with Gasteiger partial charge in [-0.15, -0.1) is 5.10 Å². The fraction of sp³-hybridized carbons (Fsp3) is 0.292. The Bertz CT molecular complexity index is 1510. The van der Waals surface area contributed by atoms with Crippen LogP contribution in [0.15, 0.2) is 49.1 Å². The van der Waals surface area contributed by atoms with Crippen LogP contribution in [-0.2, 0) is 13.1 Å². The molecule has 0 radical (unpaired) electrons. The number of hydrogen-bond acceptors (Lipinski definition) is 6. The smallest absolute Gasteiger partial charge is 0.335 e. The molecule has 4 heterocycles. The lowest BCUT2D eigenvalue weighted by atomic mass is 9.92. The molecule has 5 aromatic rings. The third-order valence-electron chi connectivity index (χ3n) is 6.64. The lowest BCUT2D eigenvalue weighted by molar-refractivity contribution is 0.0697. The van der Waals surface area contributed by atoms with Gasteiger partial charge in [0, 0.05) is 35.9 Å². The van der Waals surface area contributed by atoms with Crippen LogP contribution in [0.5, 0.6) is 0 Å². The van der Waals surface area contributed by atoms with Crippen LogP contribution in [0, 0.1) is 0 Å². The Morgan fingerprint density at radius 3 is 2.91 bits per heavy atom. The number of fused-ring (bicyclic) bond motifs is 2. The van der Waals surface area contributed by atoms with Gasteiger partial charge in [-0.2, -0.15) is 5.10 Å². The molecule has 1 aliphatic carbocycles. The fourth-order valence-corrected chi connectivity index (χ4v) is 4.56. The number of aromatic amines is 1. The van der Waals surface area contributed by atoms with Crippen LogP contribution in [0.25, 0.3) is 27.8 Å². The molecule has 0 amide bonds. The lowest BCUT2D eigenvalue weighted by Gasteiger charge is -2.34. The number of carbonyl (C=O) groups is 1. The van der Waals surface area contributed by atoms with Gasteiger partial charge in [0.25, 0.3) is 0 Å². The highest BCUT2D eigenvalue weighted by Gasteiger charge is 2.22. The molecule has 172 valence electrons. The van der Waals surface area contributed by atoms with Crippen molar-refractivity contribution in [3.05, 3.63) is 65.9 Å². The zero-order valence-electron chi connectivity index (χ0n) is 18.7. The van der Waals surface area contributed by atoms with E-state index in [1.54, 1.807) is 29.2 Å². The zero-order valence-corrected chi connectivity index (χ0v) is 18.7. The Morgan fingerprint density at radius 2 is 2.12 bits per heavy atom. The molecule has 1 aromatic carbocycles. The van der Waals surface area contributed by atoms with E-state index in [0.717, 1.165) is 23.3 Å². The molecule has 1 aliphatic rings. The maximum Gasteiger partial charge on any atom is 0.335 e. The van der Waals surface area contributed by atoms with E-state index in [4.69, 9.17) is 4.98 Å². The first kappa shape index (κ1) is 20.5. The van der Waals surface area contributed by atoms with Gasteiger partial charge in [-0.25, -0.2) is 14.5 Å². The molecule has 1 fully saturated rings. The van der Waals surface area contributed by atoms with Crippen molar-refractivity contribution < 1.29 is 9.90 Å². The number of hydrogen-bond donors (Lipinski definition) is 2. The number of aromatic nitrogens is 7. The molecule has 0 atom stereocenters. The Morgan fingerprint density at radius 1 is 1.24 bits per heavy atom. The van der Waals surface area contributed by atoms with Crippen LogP contribution >= 0.6 is 0 Å². The minimum Gasteiger partial charge on any atom is -0.478 e. The molecule has 1 saturated carbocycles. The molecule has 34 heavy (non-hydrogen) atoms. The van der Waals surface area contributed by atoms with Gasteiger partial charge in [-0.3, -0.25) is 10.00 Å². The molecule has 0 aliphatic heterocycles. The van der Waals surface area contributed by atoms with E-state index in [9.17, 15) is 9.90 Å². The van der Waals surface area contributed by atoms with Crippen LogP contribution < -0.4 is 0 Å². The quantitative estimate of drug-likeness (QED) is 0.386. The molecule has 10 nitrogen and oxygen atoms in total. The second-order valence-electron chi connectivity index (χ2n) is 9.00. The van der Waals surface area contributed by atoms with Gasteiger partial charge >= 0.3 is 5.97 Å². The maximum absolute atomic E-state index is 11.5. The van der Waals surface area contributed by atoms with E-state index in [-0.39, 0.29) is 5.56 Å². The minimum absolute atomic E-state index is 0.167. The summed E-state index contributed by atoms with van der Waals surface area (Å²) in [4.78, 5) is 18.7. The average molecular weight is 457 g/mol. The van der Waals surface area contributed by atoms with Crippen molar-refractivity contribution in [1.82, 2.24) is 39.5 Å². The number of H-pyrrole nitrogens is 1. The number of rotatable bonds is 7. The summed E-state index contributed by atoms with van der Waals surface area (Å²) >= 11 is 0. The Labute approximate surface area is 194 Å². The summed E-state index contributed by atoms with van der Waals surface area (Å²) in [6.07, 6.45) is 11.5. The summed E-state index contributed by atoms with van der Waals surface area (Å²) < 4.78 is 3.77. The van der Waals surface area contributed by atoms with Gasteiger partial charge in [0.2, 0.25) is 0 Å². The predicted molar refractivity (Wildman–Crippen MR) is 125 cm³/mol. The molecule has 0 unspecified atom stereocenters. The molecule has 10 heteroatoms. The topological polar surface area (TPSA) is 117 Å². The van der Waals surface area contributed by atoms with Crippen LogP contribution in [0.1, 0.15) is 40.9 Å². The second-order valence-corrected chi connectivity index (χ2v) is 9.00. The standard InChI is InChI=1S/C24H24N8O2/c1-30(18-3-2-4-18)10-15-5-6-23-26-17(12-31(23)11-15)13-32-14-22(28-29-32)19-7-16(24(33)34)8-21-20(19)9-25-27-21/h5-9,11-12,14,18H,2-4,10,13H2,1H3,(H,25,27)(H,33,34). The van der Waals surface area contributed by atoms with Gasteiger partial charge in [-0.1, -0.05) is 17.7 Å². The molecular formula is C24H24N8O2. The molecule has 4 aromatic heterocycles. The molecule has 2 N–H and O–H groups in total. The predicted octanol–water partition coefficient (Wildman–Crippen LogP) is 3.20. The first-order chi connectivity index (χ1) is 16.5. The summed E-state index contributed by atoms with van der Waals surface area (Å²) in [7, 11) is 2.19. The van der Waals surface area contributed by atoms with Crippen molar-refractivity contribution in [3.63, 3.8) is 0 Å². The minimum atomic E-state index is -1.01. The van der Waals surface area contributed by atoms with Crippen LogP contribution in [0.2, 0.25) is 0 Å².